The van der Waals surface area contributed by atoms with Crippen molar-refractivity contribution < 1.29 is 9.53 Å². The molecule has 0 aliphatic carbocycles. The second kappa shape index (κ2) is 7.67. The molecular formula is C21H34ClNO2. The Kier molecular flexibility index (Phi) is 6.75. The number of hydrogen-bond donors (Lipinski definition) is 0. The quantitative estimate of drug-likeness (QED) is 0.686. The van der Waals surface area contributed by atoms with Crippen molar-refractivity contribution in [2.45, 2.75) is 66.0 Å². The Bertz CT molecular complexity index is 550. The number of likely N-dealkylation sites (tertiary alicyclic amines) is 1. The predicted molar refractivity (Wildman–Crippen MR) is 106 cm³/mol. The van der Waals surface area contributed by atoms with Crippen molar-refractivity contribution in [2.24, 2.45) is 11.3 Å². The highest BCUT2D eigenvalue weighted by molar-refractivity contribution is 5.85. The molecule has 3 nitrogen and oxygen atoms in total. The summed E-state index contributed by atoms with van der Waals surface area (Å²) >= 11 is 0. The zero-order valence-corrected chi connectivity index (χ0v) is 17.6. The van der Waals surface area contributed by atoms with E-state index in [4.69, 9.17) is 4.74 Å². The van der Waals surface area contributed by atoms with E-state index in [9.17, 15) is 4.79 Å². The van der Waals surface area contributed by atoms with Gasteiger partial charge in [-0.15, -0.1) is 12.4 Å². The Labute approximate surface area is 159 Å². The molecule has 1 heterocycles. The van der Waals surface area contributed by atoms with Gasteiger partial charge in [-0.1, -0.05) is 51.1 Å². The van der Waals surface area contributed by atoms with Crippen LogP contribution < -0.4 is 0 Å². The fraction of sp³-hybridized carbons (Fsp3) is 0.667. The van der Waals surface area contributed by atoms with Crippen LogP contribution in [-0.4, -0.2) is 29.5 Å². The molecule has 4 heteroatoms. The van der Waals surface area contributed by atoms with E-state index in [0.29, 0.717) is 5.92 Å². The van der Waals surface area contributed by atoms with Crippen LogP contribution in [-0.2, 0) is 15.1 Å². The van der Waals surface area contributed by atoms with Gasteiger partial charge in [0.1, 0.15) is 5.60 Å². The molecule has 0 bridgehead atoms. The molecule has 1 saturated heterocycles. The van der Waals surface area contributed by atoms with E-state index < -0.39 is 5.60 Å². The fourth-order valence-corrected chi connectivity index (χ4v) is 3.62. The van der Waals surface area contributed by atoms with Gasteiger partial charge in [0, 0.05) is 25.6 Å². The lowest BCUT2D eigenvalue weighted by atomic mass is 9.69. The molecule has 1 aliphatic heterocycles. The average Bonchev–Trinajstić information content (AvgIpc) is 2.45. The minimum absolute atomic E-state index is 0. The first-order valence-electron chi connectivity index (χ1n) is 8.94. The van der Waals surface area contributed by atoms with Gasteiger partial charge in [-0.25, -0.2) is 0 Å². The number of hydrogen-bond acceptors (Lipinski definition) is 3. The van der Waals surface area contributed by atoms with E-state index in [1.54, 1.807) is 0 Å². The van der Waals surface area contributed by atoms with Crippen LogP contribution in [0.15, 0.2) is 30.3 Å². The number of benzene rings is 1. The number of piperidine rings is 1. The number of rotatable bonds is 2. The van der Waals surface area contributed by atoms with E-state index in [1.807, 2.05) is 18.2 Å². The summed E-state index contributed by atoms with van der Waals surface area (Å²) in [6.07, 6.45) is 0.868. The smallest absolute Gasteiger partial charge is 0.303 e. The van der Waals surface area contributed by atoms with Gasteiger partial charge >= 0.3 is 5.97 Å². The van der Waals surface area contributed by atoms with E-state index in [2.05, 4.69) is 58.6 Å². The van der Waals surface area contributed by atoms with Crippen molar-refractivity contribution in [1.29, 1.82) is 0 Å². The van der Waals surface area contributed by atoms with Gasteiger partial charge in [0.15, 0.2) is 0 Å². The van der Waals surface area contributed by atoms with Crippen molar-refractivity contribution in [3.05, 3.63) is 35.9 Å². The van der Waals surface area contributed by atoms with Crippen LogP contribution in [0.25, 0.3) is 0 Å². The van der Waals surface area contributed by atoms with Crippen LogP contribution in [0.4, 0.5) is 0 Å². The number of carbonyl (C=O) groups excluding carboxylic acids is 1. The molecule has 1 aromatic carbocycles. The Balaban J connectivity index is 0.00000312. The van der Waals surface area contributed by atoms with Crippen LogP contribution in [0.5, 0.6) is 0 Å². The third kappa shape index (κ3) is 5.21. The number of nitrogens with zero attached hydrogens (tertiary/aromatic N) is 1. The highest BCUT2D eigenvalue weighted by Crippen LogP contribution is 2.45. The van der Waals surface area contributed by atoms with Gasteiger partial charge in [-0.2, -0.15) is 0 Å². The SMILES string of the molecule is CC(=O)OC1(c2ccccc2)CC(C(C)(C)C)CN(C(C)(C)C)C1.Cl. The molecule has 0 saturated carbocycles. The highest BCUT2D eigenvalue weighted by atomic mass is 35.5. The first-order chi connectivity index (χ1) is 10.9. The van der Waals surface area contributed by atoms with Crippen molar-refractivity contribution in [2.75, 3.05) is 13.1 Å². The topological polar surface area (TPSA) is 29.5 Å². The summed E-state index contributed by atoms with van der Waals surface area (Å²) in [6.45, 7) is 16.9. The summed E-state index contributed by atoms with van der Waals surface area (Å²) in [5.74, 6) is 0.243. The normalized spacial score (nSPS) is 25.2. The zero-order chi connectivity index (χ0) is 18.2. The highest BCUT2D eigenvalue weighted by Gasteiger charge is 2.48. The third-order valence-electron chi connectivity index (χ3n) is 5.28. The van der Waals surface area contributed by atoms with Gasteiger partial charge in [0.2, 0.25) is 0 Å². The molecule has 0 aromatic heterocycles. The molecule has 1 aromatic rings. The summed E-state index contributed by atoms with van der Waals surface area (Å²) in [7, 11) is 0. The molecule has 0 amide bonds. The molecule has 2 rings (SSSR count). The molecule has 0 radical (unpaired) electrons. The molecule has 0 spiro atoms. The van der Waals surface area contributed by atoms with Crippen LogP contribution in [0.2, 0.25) is 0 Å². The van der Waals surface area contributed by atoms with E-state index in [-0.39, 0.29) is 29.3 Å². The maximum atomic E-state index is 12.0. The zero-order valence-electron chi connectivity index (χ0n) is 16.8. The second-order valence-electron chi connectivity index (χ2n) is 9.27. The third-order valence-corrected chi connectivity index (χ3v) is 5.28. The van der Waals surface area contributed by atoms with Crippen molar-refractivity contribution in [3.63, 3.8) is 0 Å². The first kappa shape index (κ1) is 22.0. The van der Waals surface area contributed by atoms with E-state index in [1.165, 1.54) is 6.92 Å². The molecule has 25 heavy (non-hydrogen) atoms. The van der Waals surface area contributed by atoms with Gasteiger partial charge in [-0.3, -0.25) is 9.69 Å². The summed E-state index contributed by atoms with van der Waals surface area (Å²) in [4.78, 5) is 14.4. The van der Waals surface area contributed by atoms with Crippen molar-refractivity contribution >= 4 is 18.4 Å². The lowest BCUT2D eigenvalue weighted by Crippen LogP contribution is -2.59. The van der Waals surface area contributed by atoms with Gasteiger partial charge in [0.05, 0.1) is 0 Å². The summed E-state index contributed by atoms with van der Waals surface area (Å²) in [5, 5.41) is 0. The molecule has 142 valence electrons. The number of ether oxygens (including phenoxy) is 1. The maximum absolute atomic E-state index is 12.0. The molecular weight excluding hydrogens is 334 g/mol. The van der Waals surface area contributed by atoms with Crippen molar-refractivity contribution in [1.82, 2.24) is 4.90 Å². The number of carbonyl (C=O) groups is 1. The van der Waals surface area contributed by atoms with Gasteiger partial charge in [0.25, 0.3) is 0 Å². The first-order valence-corrected chi connectivity index (χ1v) is 8.94. The Morgan fingerprint density at radius 1 is 1.12 bits per heavy atom. The largest absolute Gasteiger partial charge is 0.453 e. The molecule has 1 aliphatic rings. The second-order valence-corrected chi connectivity index (χ2v) is 9.27. The molecule has 0 N–H and O–H groups in total. The van der Waals surface area contributed by atoms with E-state index in [0.717, 1.165) is 25.1 Å². The average molecular weight is 368 g/mol. The Hall–Kier alpha value is -1.06. The lowest BCUT2D eigenvalue weighted by molar-refractivity contribution is -0.175. The summed E-state index contributed by atoms with van der Waals surface area (Å²) in [6, 6.07) is 10.3. The summed E-state index contributed by atoms with van der Waals surface area (Å²) < 4.78 is 6.04. The minimum Gasteiger partial charge on any atom is -0.453 e. The molecule has 2 unspecified atom stereocenters. The molecule has 2 atom stereocenters. The Morgan fingerprint density at radius 2 is 1.68 bits per heavy atom. The molecule has 1 fully saturated rings. The van der Waals surface area contributed by atoms with Gasteiger partial charge in [-0.05, 0) is 44.1 Å². The number of halogens is 1. The Morgan fingerprint density at radius 3 is 2.12 bits per heavy atom. The predicted octanol–water partition coefficient (Wildman–Crippen LogP) is 5.03. The van der Waals surface area contributed by atoms with E-state index >= 15 is 0 Å². The standard InChI is InChI=1S/C21H33NO2.ClH/c1-16(23)24-21(17-11-9-8-10-12-17)13-18(19(2,3)4)14-22(15-21)20(5,6)7;/h8-12,18H,13-15H2,1-7H3;1H. The van der Waals surface area contributed by atoms with Crippen LogP contribution in [0.1, 0.15) is 60.5 Å². The van der Waals surface area contributed by atoms with Crippen molar-refractivity contribution in [3.8, 4) is 0 Å². The minimum atomic E-state index is -0.573. The lowest BCUT2D eigenvalue weighted by Gasteiger charge is -2.53. The van der Waals surface area contributed by atoms with Crippen LogP contribution in [0, 0.1) is 11.3 Å². The summed E-state index contributed by atoms with van der Waals surface area (Å²) in [5.41, 5.74) is 0.716. The van der Waals surface area contributed by atoms with Crippen LogP contribution >= 0.6 is 12.4 Å². The maximum Gasteiger partial charge on any atom is 0.303 e. The fourth-order valence-electron chi connectivity index (χ4n) is 3.62. The number of esters is 1. The van der Waals surface area contributed by atoms with Crippen LogP contribution in [0.3, 0.4) is 0 Å². The monoisotopic (exact) mass is 367 g/mol. The van der Waals surface area contributed by atoms with Gasteiger partial charge < -0.3 is 4.74 Å².